The van der Waals surface area contributed by atoms with Gasteiger partial charge in [-0.25, -0.2) is 0 Å². The van der Waals surface area contributed by atoms with E-state index in [1.54, 1.807) is 0 Å². The van der Waals surface area contributed by atoms with Gasteiger partial charge in [0.1, 0.15) is 5.82 Å². The molecule has 1 aliphatic heterocycles. The molecule has 1 atom stereocenters. The van der Waals surface area contributed by atoms with Crippen molar-refractivity contribution >= 4 is 5.82 Å². The molecule has 2 heterocycles. The molecule has 88 valence electrons. The highest BCUT2D eigenvalue weighted by molar-refractivity contribution is 5.34. The van der Waals surface area contributed by atoms with Crippen LogP contribution in [-0.4, -0.2) is 29.4 Å². The van der Waals surface area contributed by atoms with Crippen LogP contribution in [0.25, 0.3) is 0 Å². The average molecular weight is 220 g/mol. The lowest BCUT2D eigenvalue weighted by Gasteiger charge is -2.23. The van der Waals surface area contributed by atoms with E-state index in [-0.39, 0.29) is 0 Å². The van der Waals surface area contributed by atoms with E-state index in [4.69, 9.17) is 0 Å². The van der Waals surface area contributed by atoms with Crippen LogP contribution in [0.1, 0.15) is 19.3 Å². The summed E-state index contributed by atoms with van der Waals surface area (Å²) in [7, 11) is 1.98. The van der Waals surface area contributed by atoms with Crippen LogP contribution in [0.2, 0.25) is 0 Å². The van der Waals surface area contributed by atoms with Crippen LogP contribution in [-0.2, 0) is 7.05 Å². The molecule has 0 aromatic carbocycles. The lowest BCUT2D eigenvalue weighted by atomic mass is 9.92. The Kier molecular flexibility index (Phi) is 2.39. The Labute approximate surface area is 96.4 Å². The number of rotatable bonds is 3. The van der Waals surface area contributed by atoms with E-state index < -0.39 is 0 Å². The molecular weight excluding hydrogens is 200 g/mol. The minimum atomic E-state index is 0.677. The topological polar surface area (TPSA) is 41.9 Å². The number of aromatic nitrogens is 2. The van der Waals surface area contributed by atoms with Gasteiger partial charge in [-0.2, -0.15) is 5.10 Å². The number of hydrogen-bond acceptors (Lipinski definition) is 3. The Morgan fingerprint density at radius 3 is 3.06 bits per heavy atom. The van der Waals surface area contributed by atoms with Crippen molar-refractivity contribution in [2.45, 2.75) is 19.3 Å². The molecule has 16 heavy (non-hydrogen) atoms. The summed E-state index contributed by atoms with van der Waals surface area (Å²) in [6, 6.07) is 2.04. The van der Waals surface area contributed by atoms with E-state index in [0.717, 1.165) is 18.3 Å². The van der Waals surface area contributed by atoms with Gasteiger partial charge in [0.2, 0.25) is 0 Å². The minimum absolute atomic E-state index is 0.677. The van der Waals surface area contributed by atoms with E-state index in [9.17, 15) is 0 Å². The van der Waals surface area contributed by atoms with Gasteiger partial charge < -0.3 is 10.6 Å². The second-order valence-electron chi connectivity index (χ2n) is 5.23. The van der Waals surface area contributed by atoms with Crippen LogP contribution < -0.4 is 10.6 Å². The quantitative estimate of drug-likeness (QED) is 0.805. The number of piperidine rings is 1. The average Bonchev–Trinajstić information content (AvgIpc) is 2.78. The van der Waals surface area contributed by atoms with E-state index in [0.29, 0.717) is 5.41 Å². The number of hydrogen-bond donors (Lipinski definition) is 2. The molecule has 4 nitrogen and oxygen atoms in total. The third kappa shape index (κ3) is 1.71. The van der Waals surface area contributed by atoms with Crippen molar-refractivity contribution in [2.24, 2.45) is 18.4 Å². The maximum atomic E-state index is 4.16. The summed E-state index contributed by atoms with van der Waals surface area (Å²) in [6.07, 6.45) is 5.99. The van der Waals surface area contributed by atoms with Crippen LogP contribution in [0.5, 0.6) is 0 Å². The summed E-state index contributed by atoms with van der Waals surface area (Å²) < 4.78 is 1.90. The van der Waals surface area contributed by atoms with Crippen molar-refractivity contribution in [3.63, 3.8) is 0 Å². The zero-order chi connectivity index (χ0) is 11.0. The van der Waals surface area contributed by atoms with Crippen LogP contribution in [0.3, 0.4) is 0 Å². The zero-order valence-corrected chi connectivity index (χ0v) is 9.87. The maximum absolute atomic E-state index is 4.16. The lowest BCUT2D eigenvalue weighted by Crippen LogP contribution is -2.30. The third-order valence-corrected chi connectivity index (χ3v) is 4.31. The van der Waals surface area contributed by atoms with Gasteiger partial charge in [-0.3, -0.25) is 4.68 Å². The minimum Gasteiger partial charge on any atom is -0.370 e. The fourth-order valence-corrected chi connectivity index (χ4v) is 3.03. The molecule has 1 saturated carbocycles. The lowest BCUT2D eigenvalue weighted by molar-refractivity contribution is 0.326. The first-order valence-electron chi connectivity index (χ1n) is 6.23. The molecule has 2 aliphatic rings. The molecule has 0 radical (unpaired) electrons. The normalized spacial score (nSPS) is 26.9. The monoisotopic (exact) mass is 220 g/mol. The van der Waals surface area contributed by atoms with Crippen LogP contribution in [0.4, 0.5) is 5.82 Å². The standard InChI is InChI=1S/C12H20N4/c1-16-11(2-5-15-16)14-9-10-8-12(10)3-6-13-7-4-12/h2,5,10,13-14H,3-4,6-9H2,1H3. The summed E-state index contributed by atoms with van der Waals surface area (Å²) in [5, 5.41) is 11.1. The molecule has 2 N–H and O–H groups in total. The van der Waals surface area contributed by atoms with Crippen molar-refractivity contribution in [1.82, 2.24) is 15.1 Å². The van der Waals surface area contributed by atoms with Gasteiger partial charge in [-0.1, -0.05) is 0 Å². The Balaban J connectivity index is 1.52. The Morgan fingerprint density at radius 2 is 2.38 bits per heavy atom. The second kappa shape index (κ2) is 3.77. The highest BCUT2D eigenvalue weighted by Gasteiger charge is 2.53. The van der Waals surface area contributed by atoms with Crippen molar-refractivity contribution < 1.29 is 0 Å². The largest absolute Gasteiger partial charge is 0.370 e. The van der Waals surface area contributed by atoms with Gasteiger partial charge >= 0.3 is 0 Å². The molecule has 1 spiro atoms. The molecule has 1 saturated heterocycles. The molecule has 1 aliphatic carbocycles. The third-order valence-electron chi connectivity index (χ3n) is 4.31. The van der Waals surface area contributed by atoms with Gasteiger partial charge in [0.15, 0.2) is 0 Å². The fraction of sp³-hybridized carbons (Fsp3) is 0.750. The Morgan fingerprint density at radius 1 is 1.56 bits per heavy atom. The molecule has 1 unspecified atom stereocenters. The number of nitrogens with one attached hydrogen (secondary N) is 2. The molecule has 1 aromatic rings. The molecule has 1 aromatic heterocycles. The Hall–Kier alpha value is -1.03. The van der Waals surface area contributed by atoms with Crippen molar-refractivity contribution in [3.05, 3.63) is 12.3 Å². The highest BCUT2D eigenvalue weighted by atomic mass is 15.3. The summed E-state index contributed by atoms with van der Waals surface area (Å²) in [5.41, 5.74) is 0.677. The summed E-state index contributed by atoms with van der Waals surface area (Å²) >= 11 is 0. The molecule has 2 fully saturated rings. The molecule has 3 rings (SSSR count). The molecular formula is C12H20N4. The van der Waals surface area contributed by atoms with E-state index >= 15 is 0 Å². The van der Waals surface area contributed by atoms with E-state index in [1.165, 1.54) is 32.4 Å². The summed E-state index contributed by atoms with van der Waals surface area (Å²) in [6.45, 7) is 3.53. The van der Waals surface area contributed by atoms with Gasteiger partial charge in [0.05, 0.1) is 6.20 Å². The molecule has 0 amide bonds. The van der Waals surface area contributed by atoms with Gasteiger partial charge in [-0.05, 0) is 43.7 Å². The first-order chi connectivity index (χ1) is 7.80. The molecule has 4 heteroatoms. The maximum Gasteiger partial charge on any atom is 0.123 e. The Bertz CT molecular complexity index is 365. The van der Waals surface area contributed by atoms with Crippen molar-refractivity contribution in [1.29, 1.82) is 0 Å². The zero-order valence-electron chi connectivity index (χ0n) is 9.87. The van der Waals surface area contributed by atoms with Crippen LogP contribution in [0, 0.1) is 11.3 Å². The van der Waals surface area contributed by atoms with Crippen LogP contribution in [0.15, 0.2) is 12.3 Å². The van der Waals surface area contributed by atoms with Crippen molar-refractivity contribution in [2.75, 3.05) is 25.0 Å². The number of aryl methyl sites for hydroxylation is 1. The van der Waals surface area contributed by atoms with Crippen molar-refractivity contribution in [3.8, 4) is 0 Å². The van der Waals surface area contributed by atoms with E-state index in [1.807, 2.05) is 24.0 Å². The van der Waals surface area contributed by atoms with Crippen LogP contribution >= 0.6 is 0 Å². The predicted molar refractivity (Wildman–Crippen MR) is 64.3 cm³/mol. The van der Waals surface area contributed by atoms with Gasteiger partial charge in [-0.15, -0.1) is 0 Å². The smallest absolute Gasteiger partial charge is 0.123 e. The highest BCUT2D eigenvalue weighted by Crippen LogP contribution is 2.58. The van der Waals surface area contributed by atoms with Gasteiger partial charge in [0.25, 0.3) is 0 Å². The molecule has 0 bridgehead atoms. The second-order valence-corrected chi connectivity index (χ2v) is 5.23. The first kappa shape index (κ1) is 10.1. The number of nitrogens with zero attached hydrogens (tertiary/aromatic N) is 2. The first-order valence-corrected chi connectivity index (χ1v) is 6.23. The summed E-state index contributed by atoms with van der Waals surface area (Å²) in [4.78, 5) is 0. The van der Waals surface area contributed by atoms with E-state index in [2.05, 4.69) is 15.7 Å². The predicted octanol–water partition coefficient (Wildman–Crippen LogP) is 1.22. The fourth-order valence-electron chi connectivity index (χ4n) is 3.03. The SMILES string of the molecule is Cn1nccc1NCC1CC12CCNCC2. The number of anilines is 1. The summed E-state index contributed by atoms with van der Waals surface area (Å²) in [5.74, 6) is 2.01. The van der Waals surface area contributed by atoms with Gasteiger partial charge in [0, 0.05) is 19.7 Å².